The molecule has 4 N–H and O–H groups in total. The first-order chi connectivity index (χ1) is 9.58. The zero-order valence-electron chi connectivity index (χ0n) is 12.0. The Hall–Kier alpha value is -1.39. The number of aliphatic hydroxyl groups excluding tert-OH is 1. The number of carbonyl (C=O) groups excluding carboxylic acids is 1. The van der Waals surface area contributed by atoms with Crippen molar-refractivity contribution in [3.8, 4) is 0 Å². The molecule has 0 aromatic heterocycles. The summed E-state index contributed by atoms with van der Waals surface area (Å²) in [4.78, 5) is 11.0. The molecule has 1 aliphatic rings. The number of nitrogens with two attached hydrogens (primary N) is 1. The second-order valence-corrected chi connectivity index (χ2v) is 5.72. The fourth-order valence-corrected chi connectivity index (χ4v) is 2.96. The van der Waals surface area contributed by atoms with E-state index in [1.807, 2.05) is 24.3 Å². The van der Waals surface area contributed by atoms with E-state index in [0.717, 1.165) is 24.1 Å². The molecule has 1 aliphatic carbocycles. The van der Waals surface area contributed by atoms with Gasteiger partial charge in [0.1, 0.15) is 0 Å². The van der Waals surface area contributed by atoms with E-state index in [2.05, 4.69) is 5.32 Å². The van der Waals surface area contributed by atoms with Crippen molar-refractivity contribution >= 4 is 11.6 Å². The van der Waals surface area contributed by atoms with E-state index in [0.29, 0.717) is 5.92 Å². The SMILES string of the molecule is CC(=O)Nc1ccc([C@@H](N)[C@@H](O)C2CCCCC2)cc1. The van der Waals surface area contributed by atoms with Crippen LogP contribution in [0.2, 0.25) is 0 Å². The molecule has 1 saturated carbocycles. The van der Waals surface area contributed by atoms with Gasteiger partial charge in [-0.15, -0.1) is 0 Å². The Labute approximate surface area is 120 Å². The van der Waals surface area contributed by atoms with Crippen molar-refractivity contribution in [3.63, 3.8) is 0 Å². The molecular formula is C16H24N2O2. The van der Waals surface area contributed by atoms with Gasteiger partial charge in [0, 0.05) is 12.6 Å². The van der Waals surface area contributed by atoms with E-state index < -0.39 is 6.10 Å². The number of hydrogen-bond acceptors (Lipinski definition) is 3. The number of carbonyl (C=O) groups is 1. The van der Waals surface area contributed by atoms with Crippen molar-refractivity contribution in [1.82, 2.24) is 0 Å². The number of aliphatic hydroxyl groups is 1. The number of amides is 1. The molecule has 0 bridgehead atoms. The minimum Gasteiger partial charge on any atom is -0.391 e. The summed E-state index contributed by atoms with van der Waals surface area (Å²) in [5.41, 5.74) is 7.85. The second kappa shape index (κ2) is 6.86. The molecule has 4 nitrogen and oxygen atoms in total. The first-order valence-corrected chi connectivity index (χ1v) is 7.39. The predicted octanol–water partition coefficient (Wildman–Crippen LogP) is 2.59. The highest BCUT2D eigenvalue weighted by molar-refractivity contribution is 5.88. The molecule has 0 spiro atoms. The van der Waals surface area contributed by atoms with E-state index >= 15 is 0 Å². The second-order valence-electron chi connectivity index (χ2n) is 5.72. The molecule has 1 aromatic rings. The van der Waals surface area contributed by atoms with Crippen molar-refractivity contribution in [2.75, 3.05) is 5.32 Å². The molecule has 1 amide bonds. The lowest BCUT2D eigenvalue weighted by atomic mass is 9.81. The van der Waals surface area contributed by atoms with E-state index in [9.17, 15) is 9.90 Å². The normalized spacial score (nSPS) is 19.4. The van der Waals surface area contributed by atoms with Gasteiger partial charge in [-0.3, -0.25) is 4.79 Å². The molecule has 1 aromatic carbocycles. The van der Waals surface area contributed by atoms with Gasteiger partial charge in [0.2, 0.25) is 5.91 Å². The summed E-state index contributed by atoms with van der Waals surface area (Å²) in [6, 6.07) is 7.04. The van der Waals surface area contributed by atoms with Crippen LogP contribution in [0, 0.1) is 5.92 Å². The fraction of sp³-hybridized carbons (Fsp3) is 0.562. The highest BCUT2D eigenvalue weighted by atomic mass is 16.3. The van der Waals surface area contributed by atoms with Crippen LogP contribution >= 0.6 is 0 Å². The van der Waals surface area contributed by atoms with E-state index in [-0.39, 0.29) is 11.9 Å². The molecule has 20 heavy (non-hydrogen) atoms. The lowest BCUT2D eigenvalue weighted by molar-refractivity contribution is -0.114. The summed E-state index contributed by atoms with van der Waals surface area (Å²) in [5.74, 6) is 0.220. The quantitative estimate of drug-likeness (QED) is 0.791. The fourth-order valence-electron chi connectivity index (χ4n) is 2.96. The molecule has 0 heterocycles. The zero-order valence-corrected chi connectivity index (χ0v) is 12.0. The maximum Gasteiger partial charge on any atom is 0.221 e. The van der Waals surface area contributed by atoms with Crippen LogP contribution in [0.5, 0.6) is 0 Å². The monoisotopic (exact) mass is 276 g/mol. The molecular weight excluding hydrogens is 252 g/mol. The third-order valence-electron chi connectivity index (χ3n) is 4.12. The van der Waals surface area contributed by atoms with Crippen LogP contribution in [-0.4, -0.2) is 17.1 Å². The smallest absolute Gasteiger partial charge is 0.221 e. The Morgan fingerprint density at radius 3 is 2.40 bits per heavy atom. The summed E-state index contributed by atoms with van der Waals surface area (Å²) < 4.78 is 0. The highest BCUT2D eigenvalue weighted by Gasteiger charge is 2.27. The van der Waals surface area contributed by atoms with Crippen LogP contribution in [0.4, 0.5) is 5.69 Å². The van der Waals surface area contributed by atoms with Gasteiger partial charge in [0.15, 0.2) is 0 Å². The first kappa shape index (κ1) is 15.0. The lowest BCUT2D eigenvalue weighted by Crippen LogP contribution is -2.34. The average Bonchev–Trinajstić information content (AvgIpc) is 2.47. The Bertz CT molecular complexity index is 438. The minimum absolute atomic E-state index is 0.0933. The Kier molecular flexibility index (Phi) is 5.15. The summed E-state index contributed by atoms with van der Waals surface area (Å²) in [5, 5.41) is 13.1. The van der Waals surface area contributed by atoms with E-state index in [1.165, 1.54) is 26.2 Å². The maximum atomic E-state index is 11.0. The standard InChI is InChI=1S/C16H24N2O2/c1-11(19)18-14-9-7-12(8-10-14)15(17)16(20)13-5-3-2-4-6-13/h7-10,13,15-16,20H,2-6,17H2,1H3,(H,18,19)/t15-,16+/m1/s1. The van der Waals surface area contributed by atoms with Gasteiger partial charge in [0.25, 0.3) is 0 Å². The van der Waals surface area contributed by atoms with Crippen molar-refractivity contribution in [3.05, 3.63) is 29.8 Å². The third-order valence-corrected chi connectivity index (χ3v) is 4.12. The van der Waals surface area contributed by atoms with Gasteiger partial charge in [-0.05, 0) is 36.5 Å². The van der Waals surface area contributed by atoms with E-state index in [4.69, 9.17) is 5.73 Å². The van der Waals surface area contributed by atoms with Crippen LogP contribution in [0.3, 0.4) is 0 Å². The molecule has 0 aliphatic heterocycles. The largest absolute Gasteiger partial charge is 0.391 e. The average molecular weight is 276 g/mol. The molecule has 2 atom stereocenters. The Morgan fingerprint density at radius 2 is 1.85 bits per heavy atom. The zero-order chi connectivity index (χ0) is 14.5. The van der Waals surface area contributed by atoms with E-state index in [1.54, 1.807) is 0 Å². The number of hydrogen-bond donors (Lipinski definition) is 3. The molecule has 1 fully saturated rings. The maximum absolute atomic E-state index is 11.0. The van der Waals surface area contributed by atoms with Crippen molar-refractivity contribution in [2.24, 2.45) is 11.7 Å². The molecule has 0 unspecified atom stereocenters. The van der Waals surface area contributed by atoms with Crippen molar-refractivity contribution in [2.45, 2.75) is 51.2 Å². The van der Waals surface area contributed by atoms with Crippen molar-refractivity contribution in [1.29, 1.82) is 0 Å². The lowest BCUT2D eigenvalue weighted by Gasteiger charge is -2.30. The molecule has 4 heteroatoms. The summed E-state index contributed by atoms with van der Waals surface area (Å²) in [6.45, 7) is 1.48. The number of nitrogens with one attached hydrogen (secondary N) is 1. The topological polar surface area (TPSA) is 75.4 Å². The summed E-state index contributed by atoms with van der Waals surface area (Å²) >= 11 is 0. The van der Waals surface area contributed by atoms with Gasteiger partial charge in [0.05, 0.1) is 12.1 Å². The Balaban J connectivity index is 2.00. The third kappa shape index (κ3) is 3.81. The van der Waals surface area contributed by atoms with Gasteiger partial charge >= 0.3 is 0 Å². The van der Waals surface area contributed by atoms with Crippen LogP contribution < -0.4 is 11.1 Å². The van der Waals surface area contributed by atoms with Crippen LogP contribution in [0.1, 0.15) is 50.6 Å². The molecule has 2 rings (SSSR count). The van der Waals surface area contributed by atoms with Crippen LogP contribution in [-0.2, 0) is 4.79 Å². The summed E-state index contributed by atoms with van der Waals surface area (Å²) in [6.07, 6.45) is 5.30. The minimum atomic E-state index is -0.484. The van der Waals surface area contributed by atoms with Crippen molar-refractivity contribution < 1.29 is 9.90 Å². The molecule has 110 valence electrons. The van der Waals surface area contributed by atoms with Crippen LogP contribution in [0.25, 0.3) is 0 Å². The van der Waals surface area contributed by atoms with Gasteiger partial charge in [-0.25, -0.2) is 0 Å². The molecule has 0 saturated heterocycles. The van der Waals surface area contributed by atoms with Gasteiger partial charge in [-0.1, -0.05) is 31.4 Å². The molecule has 0 radical (unpaired) electrons. The number of rotatable bonds is 4. The number of benzene rings is 1. The highest BCUT2D eigenvalue weighted by Crippen LogP contribution is 2.31. The summed E-state index contributed by atoms with van der Waals surface area (Å²) in [7, 11) is 0. The Morgan fingerprint density at radius 1 is 1.25 bits per heavy atom. The number of anilines is 1. The first-order valence-electron chi connectivity index (χ1n) is 7.39. The van der Waals surface area contributed by atoms with Crippen LogP contribution in [0.15, 0.2) is 24.3 Å². The van der Waals surface area contributed by atoms with Gasteiger partial charge in [-0.2, -0.15) is 0 Å². The van der Waals surface area contributed by atoms with Gasteiger partial charge < -0.3 is 16.2 Å². The predicted molar refractivity (Wildman–Crippen MR) is 80.3 cm³/mol.